The minimum Gasteiger partial charge on any atom is -0.332 e. The molecule has 0 atom stereocenters. The molecule has 2 rings (SSSR count). The van der Waals surface area contributed by atoms with E-state index < -0.39 is 0 Å². The molecule has 0 unspecified atom stereocenters. The molecular formula is C12H18IN3O. The van der Waals surface area contributed by atoms with Crippen molar-refractivity contribution in [3.63, 3.8) is 0 Å². The van der Waals surface area contributed by atoms with E-state index in [0.717, 1.165) is 51.9 Å². The Morgan fingerprint density at radius 1 is 1.12 bits per heavy atom. The Morgan fingerprint density at radius 3 is 2.18 bits per heavy atom. The summed E-state index contributed by atoms with van der Waals surface area (Å²) < 4.78 is 0.162. The van der Waals surface area contributed by atoms with Crippen LogP contribution in [0.4, 0.5) is 4.79 Å². The van der Waals surface area contributed by atoms with E-state index in [1.165, 1.54) is 0 Å². The minimum absolute atomic E-state index is 0.162. The number of piperazine rings is 1. The first kappa shape index (κ1) is 13.1. The van der Waals surface area contributed by atoms with Crippen LogP contribution in [0.1, 0.15) is 25.7 Å². The molecule has 94 valence electrons. The van der Waals surface area contributed by atoms with Crippen molar-refractivity contribution in [2.45, 2.75) is 31.7 Å². The van der Waals surface area contributed by atoms with Gasteiger partial charge in [-0.3, -0.25) is 9.69 Å². The molecule has 4 nitrogen and oxygen atoms in total. The number of carbonyl (C=O) groups excluding carboxylic acids is 1. The van der Waals surface area contributed by atoms with Crippen LogP contribution in [0, 0.1) is 17.2 Å². The van der Waals surface area contributed by atoms with Gasteiger partial charge in [-0.15, -0.1) is 0 Å². The Labute approximate surface area is 116 Å². The Kier molecular flexibility index (Phi) is 4.62. The van der Waals surface area contributed by atoms with Gasteiger partial charge in [-0.25, -0.2) is 0 Å². The molecule has 0 aromatic rings. The molecule has 0 N–H and O–H groups in total. The van der Waals surface area contributed by atoms with Crippen LogP contribution in [0.5, 0.6) is 0 Å². The van der Waals surface area contributed by atoms with E-state index in [1.807, 2.05) is 27.5 Å². The zero-order valence-corrected chi connectivity index (χ0v) is 12.1. The second-order valence-electron chi connectivity index (χ2n) is 4.91. The van der Waals surface area contributed by atoms with Crippen LogP contribution in [0.3, 0.4) is 0 Å². The standard InChI is InChI=1S/C12H18IN3O/c13-12(17)16-7-5-15(6-8-16)11-3-1-10(9-14)2-4-11/h10-11H,1-8H2/t10-,11+. The van der Waals surface area contributed by atoms with Crippen molar-refractivity contribution in [3.05, 3.63) is 0 Å². The number of halogens is 1. The Balaban J connectivity index is 1.78. The highest BCUT2D eigenvalue weighted by Crippen LogP contribution is 2.27. The topological polar surface area (TPSA) is 47.3 Å². The van der Waals surface area contributed by atoms with Gasteiger partial charge in [0.05, 0.1) is 6.07 Å². The molecule has 0 aromatic heterocycles. The third kappa shape index (κ3) is 3.32. The molecule has 2 fully saturated rings. The summed E-state index contributed by atoms with van der Waals surface area (Å²) in [5.41, 5.74) is 0. The van der Waals surface area contributed by atoms with Crippen molar-refractivity contribution >= 4 is 26.5 Å². The molecule has 17 heavy (non-hydrogen) atoms. The van der Waals surface area contributed by atoms with Crippen LogP contribution >= 0.6 is 22.6 Å². The maximum atomic E-state index is 11.2. The van der Waals surface area contributed by atoms with Crippen LogP contribution in [-0.2, 0) is 0 Å². The molecule has 1 aliphatic heterocycles. The predicted octanol–water partition coefficient (Wildman–Crippen LogP) is 2.24. The van der Waals surface area contributed by atoms with Gasteiger partial charge in [0.2, 0.25) is 0 Å². The van der Waals surface area contributed by atoms with Crippen molar-refractivity contribution in [3.8, 4) is 6.07 Å². The number of amides is 1. The van der Waals surface area contributed by atoms with Gasteiger partial charge in [0.25, 0.3) is 3.91 Å². The van der Waals surface area contributed by atoms with Crippen molar-refractivity contribution in [2.75, 3.05) is 26.2 Å². The van der Waals surface area contributed by atoms with Gasteiger partial charge in [-0.2, -0.15) is 5.26 Å². The maximum absolute atomic E-state index is 11.2. The summed E-state index contributed by atoms with van der Waals surface area (Å²) in [5, 5.41) is 8.87. The molecule has 1 aliphatic carbocycles. The molecule has 0 spiro atoms. The molecule has 1 saturated heterocycles. The van der Waals surface area contributed by atoms with E-state index in [-0.39, 0.29) is 9.83 Å². The third-order valence-corrected chi connectivity index (χ3v) is 4.64. The first-order valence-electron chi connectivity index (χ1n) is 6.29. The summed E-state index contributed by atoms with van der Waals surface area (Å²) in [5.74, 6) is 0.281. The second-order valence-corrected chi connectivity index (χ2v) is 5.83. The SMILES string of the molecule is N#C[C@H]1CC[C@@H](N2CCN(C(=O)I)CC2)CC1. The second kappa shape index (κ2) is 6.01. The highest BCUT2D eigenvalue weighted by molar-refractivity contribution is 14.1. The molecule has 0 bridgehead atoms. The Morgan fingerprint density at radius 2 is 1.71 bits per heavy atom. The largest absolute Gasteiger partial charge is 0.332 e. The Bertz CT molecular complexity index is 312. The van der Waals surface area contributed by atoms with Crippen LogP contribution in [0.25, 0.3) is 0 Å². The maximum Gasteiger partial charge on any atom is 0.283 e. The lowest BCUT2D eigenvalue weighted by atomic mass is 9.86. The lowest BCUT2D eigenvalue weighted by Gasteiger charge is -2.40. The lowest BCUT2D eigenvalue weighted by molar-refractivity contribution is 0.0928. The van der Waals surface area contributed by atoms with Crippen LogP contribution in [0.15, 0.2) is 0 Å². The van der Waals surface area contributed by atoms with Crippen molar-refractivity contribution in [1.29, 1.82) is 5.26 Å². The monoisotopic (exact) mass is 347 g/mol. The molecule has 0 radical (unpaired) electrons. The predicted molar refractivity (Wildman–Crippen MR) is 73.9 cm³/mol. The fourth-order valence-corrected chi connectivity index (χ4v) is 3.32. The van der Waals surface area contributed by atoms with Gasteiger partial charge in [-0.05, 0) is 25.7 Å². The average molecular weight is 347 g/mol. The third-order valence-electron chi connectivity index (χ3n) is 3.96. The van der Waals surface area contributed by atoms with Gasteiger partial charge in [-0.1, -0.05) is 0 Å². The number of nitriles is 1. The van der Waals surface area contributed by atoms with Crippen LogP contribution in [-0.4, -0.2) is 45.9 Å². The summed E-state index contributed by atoms with van der Waals surface area (Å²) in [6, 6.07) is 3.02. The minimum atomic E-state index is 0.162. The fourth-order valence-electron chi connectivity index (χ4n) is 2.83. The quantitative estimate of drug-likeness (QED) is 0.415. The number of nitrogens with zero attached hydrogens (tertiary/aromatic N) is 3. The average Bonchev–Trinajstić information content (AvgIpc) is 2.39. The molecule has 5 heteroatoms. The van der Waals surface area contributed by atoms with E-state index >= 15 is 0 Å². The highest BCUT2D eigenvalue weighted by atomic mass is 127. The number of rotatable bonds is 1. The van der Waals surface area contributed by atoms with E-state index in [2.05, 4.69) is 11.0 Å². The van der Waals surface area contributed by atoms with Crippen molar-refractivity contribution < 1.29 is 4.79 Å². The van der Waals surface area contributed by atoms with E-state index in [4.69, 9.17) is 5.26 Å². The van der Waals surface area contributed by atoms with Gasteiger partial charge in [0, 0.05) is 60.7 Å². The highest BCUT2D eigenvalue weighted by Gasteiger charge is 2.28. The van der Waals surface area contributed by atoms with E-state index in [1.54, 1.807) is 0 Å². The number of hydrogen-bond acceptors (Lipinski definition) is 3. The van der Waals surface area contributed by atoms with Crippen molar-refractivity contribution in [2.24, 2.45) is 5.92 Å². The summed E-state index contributed by atoms with van der Waals surface area (Å²) in [7, 11) is 0. The van der Waals surface area contributed by atoms with Gasteiger partial charge in [0.15, 0.2) is 0 Å². The molecule has 1 heterocycles. The van der Waals surface area contributed by atoms with Crippen LogP contribution < -0.4 is 0 Å². The van der Waals surface area contributed by atoms with Gasteiger partial charge >= 0.3 is 0 Å². The normalized spacial score (nSPS) is 30.9. The van der Waals surface area contributed by atoms with E-state index in [9.17, 15) is 4.79 Å². The summed E-state index contributed by atoms with van der Waals surface area (Å²) in [6.07, 6.45) is 4.39. The molecule has 1 saturated carbocycles. The summed E-state index contributed by atoms with van der Waals surface area (Å²) in [6.45, 7) is 3.72. The zero-order chi connectivity index (χ0) is 12.3. The molecule has 0 aromatic carbocycles. The molecular weight excluding hydrogens is 329 g/mol. The van der Waals surface area contributed by atoms with Crippen LogP contribution in [0.2, 0.25) is 0 Å². The molecule has 1 amide bonds. The fraction of sp³-hybridized carbons (Fsp3) is 0.833. The smallest absolute Gasteiger partial charge is 0.283 e. The van der Waals surface area contributed by atoms with Gasteiger partial charge < -0.3 is 4.90 Å². The number of carbonyl (C=O) groups is 1. The Hall–Kier alpha value is -0.350. The van der Waals surface area contributed by atoms with Gasteiger partial charge in [0.1, 0.15) is 0 Å². The first-order chi connectivity index (χ1) is 8.20. The van der Waals surface area contributed by atoms with Crippen molar-refractivity contribution in [1.82, 2.24) is 9.80 Å². The summed E-state index contributed by atoms with van der Waals surface area (Å²) >= 11 is 1.86. The zero-order valence-electron chi connectivity index (χ0n) is 9.94. The number of hydrogen-bond donors (Lipinski definition) is 0. The molecule has 2 aliphatic rings. The first-order valence-corrected chi connectivity index (χ1v) is 7.36. The lowest BCUT2D eigenvalue weighted by Crippen LogP contribution is -2.51. The van der Waals surface area contributed by atoms with E-state index in [0.29, 0.717) is 6.04 Å². The summed E-state index contributed by atoms with van der Waals surface area (Å²) in [4.78, 5) is 15.6.